The van der Waals surface area contributed by atoms with E-state index in [9.17, 15) is 17.6 Å². The summed E-state index contributed by atoms with van der Waals surface area (Å²) in [5, 5.41) is 0.514. The second-order valence-electron chi connectivity index (χ2n) is 9.92. The van der Waals surface area contributed by atoms with Crippen LogP contribution in [0.1, 0.15) is 89.0 Å². The summed E-state index contributed by atoms with van der Waals surface area (Å²) in [6.45, 7) is -1.01. The van der Waals surface area contributed by atoms with Crippen LogP contribution in [0.15, 0.2) is 24.3 Å². The second-order valence-corrected chi connectivity index (χ2v) is 9.92. The average molecular weight is 451 g/mol. The number of halogens is 4. The molecular weight excluding hydrogens is 416 g/mol. The molecule has 32 heavy (non-hydrogen) atoms. The smallest absolute Gasteiger partial charge is 0.387 e. The molecule has 176 valence electrons. The normalized spacial score (nSPS) is 25.8. The van der Waals surface area contributed by atoms with Gasteiger partial charge in [0.15, 0.2) is 17.4 Å². The minimum Gasteiger partial charge on any atom is -0.429 e. The molecule has 1 nitrogen and oxygen atoms in total. The fourth-order valence-electron chi connectivity index (χ4n) is 6.19. The molecule has 0 bridgehead atoms. The molecule has 0 amide bonds. The number of rotatable bonds is 8. The van der Waals surface area contributed by atoms with Gasteiger partial charge in [-0.3, -0.25) is 0 Å². The van der Waals surface area contributed by atoms with Crippen LogP contribution in [0, 0.1) is 29.4 Å². The molecule has 2 aliphatic rings. The van der Waals surface area contributed by atoms with E-state index in [4.69, 9.17) is 0 Å². The fraction of sp³-hybridized carbons (Fsp3) is 0.630. The first-order chi connectivity index (χ1) is 15.5. The number of ether oxygens (including phenoxy) is 1. The predicted molar refractivity (Wildman–Crippen MR) is 120 cm³/mol. The number of fused-ring (bicyclic) bond motifs is 2. The molecule has 2 saturated carbocycles. The molecule has 4 unspecified atom stereocenters. The van der Waals surface area contributed by atoms with Crippen molar-refractivity contribution < 1.29 is 22.3 Å². The Morgan fingerprint density at radius 2 is 1.72 bits per heavy atom. The number of hydrogen-bond acceptors (Lipinski definition) is 1. The van der Waals surface area contributed by atoms with E-state index >= 15 is 0 Å². The van der Waals surface area contributed by atoms with Crippen LogP contribution in [0.2, 0.25) is 0 Å². The summed E-state index contributed by atoms with van der Waals surface area (Å²) < 4.78 is 57.8. The Morgan fingerprint density at radius 1 is 0.938 bits per heavy atom. The lowest BCUT2D eigenvalue weighted by Crippen LogP contribution is -2.30. The van der Waals surface area contributed by atoms with Crippen LogP contribution >= 0.6 is 0 Å². The van der Waals surface area contributed by atoms with Crippen LogP contribution in [0.5, 0.6) is 5.75 Å². The first kappa shape index (κ1) is 23.4. The molecule has 2 aromatic rings. The van der Waals surface area contributed by atoms with Gasteiger partial charge < -0.3 is 4.74 Å². The third-order valence-electron chi connectivity index (χ3n) is 7.88. The minimum atomic E-state index is -3.27. The molecule has 0 saturated heterocycles. The van der Waals surface area contributed by atoms with E-state index in [0.29, 0.717) is 11.3 Å². The largest absolute Gasteiger partial charge is 0.429 e. The van der Waals surface area contributed by atoms with Crippen molar-refractivity contribution in [2.24, 2.45) is 17.8 Å². The first-order valence-electron chi connectivity index (χ1n) is 12.3. The van der Waals surface area contributed by atoms with Crippen molar-refractivity contribution in [2.45, 2.75) is 90.1 Å². The van der Waals surface area contributed by atoms with Gasteiger partial charge in [0.2, 0.25) is 0 Å². The topological polar surface area (TPSA) is 9.23 Å². The van der Waals surface area contributed by atoms with Gasteiger partial charge >= 0.3 is 6.61 Å². The van der Waals surface area contributed by atoms with Gasteiger partial charge in [-0.25, -0.2) is 8.78 Å². The van der Waals surface area contributed by atoms with Crippen molar-refractivity contribution in [3.8, 4) is 5.75 Å². The standard InChI is InChI=1S/C27H34F4O/c1-2-3-4-5-6-17-7-8-19-14-20(10-9-18(19)13-17)21-11-12-23-22(15-21)16-24(28)26(25(23)29)32-27(30)31/h11-12,15-20,27H,2-10,13-14H2,1H3. The third-order valence-corrected chi connectivity index (χ3v) is 7.88. The maximum Gasteiger partial charge on any atom is 0.387 e. The average Bonchev–Trinajstić information content (AvgIpc) is 2.78. The van der Waals surface area contributed by atoms with Gasteiger partial charge in [-0.15, -0.1) is 0 Å². The van der Waals surface area contributed by atoms with Crippen molar-refractivity contribution in [3.05, 3.63) is 41.5 Å². The molecule has 5 heteroatoms. The monoisotopic (exact) mass is 450 g/mol. The molecule has 2 aromatic carbocycles. The van der Waals surface area contributed by atoms with Gasteiger partial charge in [0.25, 0.3) is 0 Å². The quantitative estimate of drug-likeness (QED) is 0.288. The molecule has 0 N–H and O–H groups in total. The van der Waals surface area contributed by atoms with Crippen molar-refractivity contribution in [3.63, 3.8) is 0 Å². The van der Waals surface area contributed by atoms with E-state index in [2.05, 4.69) is 11.7 Å². The van der Waals surface area contributed by atoms with Crippen molar-refractivity contribution >= 4 is 10.8 Å². The van der Waals surface area contributed by atoms with Crippen molar-refractivity contribution in [1.82, 2.24) is 0 Å². The van der Waals surface area contributed by atoms with Crippen molar-refractivity contribution in [2.75, 3.05) is 0 Å². The molecule has 4 atom stereocenters. The highest BCUT2D eigenvalue weighted by Crippen LogP contribution is 2.48. The zero-order chi connectivity index (χ0) is 22.7. The maximum absolute atomic E-state index is 14.6. The number of alkyl halides is 2. The molecule has 0 radical (unpaired) electrons. The van der Waals surface area contributed by atoms with E-state index in [1.165, 1.54) is 57.8 Å². The fourth-order valence-corrected chi connectivity index (χ4v) is 6.19. The SMILES string of the molecule is CCCCCCC1CCC2CC(c3ccc4c(F)c(OC(F)F)c(F)cc4c3)CCC2C1. The maximum atomic E-state index is 14.6. The van der Waals surface area contributed by atoms with Crippen LogP contribution in [0.25, 0.3) is 10.8 Å². The summed E-state index contributed by atoms with van der Waals surface area (Å²) in [5.41, 5.74) is 1.10. The Kier molecular flexibility index (Phi) is 7.63. The van der Waals surface area contributed by atoms with E-state index < -0.39 is 24.0 Å². The highest BCUT2D eigenvalue weighted by molar-refractivity contribution is 5.85. The molecule has 4 rings (SSSR count). The van der Waals surface area contributed by atoms with Gasteiger partial charge in [0.05, 0.1) is 0 Å². The predicted octanol–water partition coefficient (Wildman–Crippen LogP) is 8.99. The summed E-state index contributed by atoms with van der Waals surface area (Å²) in [5.74, 6) is -0.313. The van der Waals surface area contributed by atoms with Crippen LogP contribution in [-0.4, -0.2) is 6.61 Å². The molecule has 0 aromatic heterocycles. The Morgan fingerprint density at radius 3 is 2.50 bits per heavy atom. The van der Waals surface area contributed by atoms with Gasteiger partial charge in [-0.1, -0.05) is 63.6 Å². The molecule has 0 aliphatic heterocycles. The lowest BCUT2D eigenvalue weighted by Gasteiger charge is -2.42. The lowest BCUT2D eigenvalue weighted by molar-refractivity contribution is -0.0544. The summed E-state index contributed by atoms with van der Waals surface area (Å²) in [7, 11) is 0. The molecule has 0 spiro atoms. The number of unbranched alkanes of at least 4 members (excludes halogenated alkanes) is 3. The number of hydrogen-bond donors (Lipinski definition) is 0. The van der Waals surface area contributed by atoms with Gasteiger partial charge in [-0.05, 0) is 72.8 Å². The second kappa shape index (κ2) is 10.4. The van der Waals surface area contributed by atoms with E-state index in [0.717, 1.165) is 42.2 Å². The Bertz CT molecular complexity index is 912. The van der Waals surface area contributed by atoms with E-state index in [-0.39, 0.29) is 5.39 Å². The molecule has 2 aliphatic carbocycles. The Balaban J connectivity index is 1.42. The van der Waals surface area contributed by atoms with Gasteiger partial charge in [-0.2, -0.15) is 8.78 Å². The van der Waals surface area contributed by atoms with E-state index in [1.54, 1.807) is 6.07 Å². The summed E-state index contributed by atoms with van der Waals surface area (Å²) in [4.78, 5) is 0. The van der Waals surface area contributed by atoms with Gasteiger partial charge in [0.1, 0.15) is 0 Å². The van der Waals surface area contributed by atoms with E-state index in [1.807, 2.05) is 12.1 Å². The summed E-state index contributed by atoms with van der Waals surface area (Å²) in [6.07, 6.45) is 14.2. The highest BCUT2D eigenvalue weighted by atomic mass is 19.3. The molecule has 0 heterocycles. The summed E-state index contributed by atoms with van der Waals surface area (Å²) >= 11 is 0. The van der Waals surface area contributed by atoms with Crippen LogP contribution in [0.3, 0.4) is 0 Å². The number of benzene rings is 2. The van der Waals surface area contributed by atoms with Crippen LogP contribution in [0.4, 0.5) is 17.6 Å². The van der Waals surface area contributed by atoms with Gasteiger partial charge in [0, 0.05) is 5.39 Å². The van der Waals surface area contributed by atoms with Crippen molar-refractivity contribution in [1.29, 1.82) is 0 Å². The summed E-state index contributed by atoms with van der Waals surface area (Å²) in [6, 6.07) is 6.39. The molecule has 2 fully saturated rings. The van der Waals surface area contributed by atoms with Crippen LogP contribution < -0.4 is 4.74 Å². The molecular formula is C27H34F4O. The Labute approximate surface area is 188 Å². The zero-order valence-electron chi connectivity index (χ0n) is 18.9. The van der Waals surface area contributed by atoms with Crippen LogP contribution in [-0.2, 0) is 0 Å². The minimum absolute atomic E-state index is 0.114. The first-order valence-corrected chi connectivity index (χ1v) is 12.3. The zero-order valence-corrected chi connectivity index (χ0v) is 18.9. The third kappa shape index (κ3) is 5.23. The lowest BCUT2D eigenvalue weighted by atomic mass is 9.63. The highest BCUT2D eigenvalue weighted by Gasteiger charge is 2.36. The Hall–Kier alpha value is -1.78.